The molecule has 1 atom stereocenters. The predicted molar refractivity (Wildman–Crippen MR) is 71.6 cm³/mol. The van der Waals surface area contributed by atoms with E-state index < -0.39 is 12.2 Å². The van der Waals surface area contributed by atoms with E-state index in [2.05, 4.69) is 10.1 Å². The van der Waals surface area contributed by atoms with Gasteiger partial charge in [-0.05, 0) is 36.8 Å². The van der Waals surface area contributed by atoms with Crippen molar-refractivity contribution in [2.75, 3.05) is 5.32 Å². The topological polar surface area (TPSA) is 21.3 Å². The van der Waals surface area contributed by atoms with Crippen molar-refractivity contribution < 1.29 is 22.3 Å². The van der Waals surface area contributed by atoms with Crippen LogP contribution in [0.1, 0.15) is 18.5 Å². The summed E-state index contributed by atoms with van der Waals surface area (Å²) < 4.78 is 54.1. The fourth-order valence-corrected chi connectivity index (χ4v) is 1.89. The molecule has 0 saturated carbocycles. The first-order valence-electron chi connectivity index (χ1n) is 6.22. The van der Waals surface area contributed by atoms with Gasteiger partial charge in [-0.1, -0.05) is 24.3 Å². The maximum Gasteiger partial charge on any atom is 0.573 e. The van der Waals surface area contributed by atoms with Crippen molar-refractivity contribution in [2.24, 2.45) is 0 Å². The van der Waals surface area contributed by atoms with E-state index >= 15 is 0 Å². The number of ether oxygens (including phenoxy) is 1. The summed E-state index contributed by atoms with van der Waals surface area (Å²) in [6, 6.07) is 11.2. The number of benzene rings is 2. The summed E-state index contributed by atoms with van der Waals surface area (Å²) in [7, 11) is 0. The number of para-hydroxylation sites is 2. The molecule has 0 aromatic heterocycles. The highest BCUT2D eigenvalue weighted by Gasteiger charge is 2.32. The largest absolute Gasteiger partial charge is 0.573 e. The van der Waals surface area contributed by atoms with Crippen LogP contribution in [-0.4, -0.2) is 6.36 Å². The Labute approximate surface area is 119 Å². The van der Waals surface area contributed by atoms with E-state index in [1.165, 1.54) is 30.3 Å². The molecule has 0 aliphatic heterocycles. The number of rotatable bonds is 4. The summed E-state index contributed by atoms with van der Waals surface area (Å²) in [5.74, 6) is -0.728. The summed E-state index contributed by atoms with van der Waals surface area (Å²) in [5.41, 5.74) is 0.809. The molecule has 112 valence electrons. The molecule has 0 bridgehead atoms. The maximum atomic E-state index is 13.2. The van der Waals surface area contributed by atoms with E-state index in [0.29, 0.717) is 5.56 Å². The van der Waals surface area contributed by atoms with Gasteiger partial charge in [0.25, 0.3) is 0 Å². The van der Waals surface area contributed by atoms with Gasteiger partial charge in [0, 0.05) is 6.04 Å². The van der Waals surface area contributed by atoms with Crippen LogP contribution < -0.4 is 10.1 Å². The molecule has 0 aliphatic rings. The fourth-order valence-electron chi connectivity index (χ4n) is 1.89. The fraction of sp³-hybridized carbons (Fsp3) is 0.200. The third-order valence-electron chi connectivity index (χ3n) is 2.83. The van der Waals surface area contributed by atoms with Gasteiger partial charge in [-0.3, -0.25) is 0 Å². The van der Waals surface area contributed by atoms with Crippen molar-refractivity contribution in [3.8, 4) is 5.75 Å². The first-order chi connectivity index (χ1) is 9.85. The second-order valence-electron chi connectivity index (χ2n) is 4.46. The molecule has 1 unspecified atom stereocenters. The predicted octanol–water partition coefficient (Wildman–Crippen LogP) is 4.90. The van der Waals surface area contributed by atoms with Gasteiger partial charge in [-0.25, -0.2) is 4.39 Å². The number of hydrogen-bond acceptors (Lipinski definition) is 2. The first kappa shape index (κ1) is 15.2. The monoisotopic (exact) mass is 299 g/mol. The van der Waals surface area contributed by atoms with E-state index in [1.54, 1.807) is 25.1 Å². The van der Waals surface area contributed by atoms with E-state index in [4.69, 9.17) is 0 Å². The van der Waals surface area contributed by atoms with E-state index in [9.17, 15) is 17.6 Å². The summed E-state index contributed by atoms with van der Waals surface area (Å²) in [6.07, 6.45) is -4.76. The van der Waals surface area contributed by atoms with Gasteiger partial charge in [-0.2, -0.15) is 0 Å². The highest BCUT2D eigenvalue weighted by atomic mass is 19.4. The molecular weight excluding hydrogens is 286 g/mol. The Morgan fingerprint density at radius 2 is 1.76 bits per heavy atom. The second-order valence-corrected chi connectivity index (χ2v) is 4.46. The summed E-state index contributed by atoms with van der Waals surface area (Å²) in [4.78, 5) is 0. The van der Waals surface area contributed by atoms with Crippen LogP contribution in [0, 0.1) is 5.82 Å². The Morgan fingerprint density at radius 1 is 1.05 bits per heavy atom. The van der Waals surface area contributed by atoms with Crippen molar-refractivity contribution in [1.82, 2.24) is 0 Å². The highest BCUT2D eigenvalue weighted by molar-refractivity contribution is 5.57. The van der Waals surface area contributed by atoms with Crippen LogP contribution in [0.5, 0.6) is 5.75 Å². The highest BCUT2D eigenvalue weighted by Crippen LogP contribution is 2.32. The smallest absolute Gasteiger partial charge is 0.404 e. The molecule has 2 nitrogen and oxygen atoms in total. The molecule has 2 aromatic rings. The van der Waals surface area contributed by atoms with Gasteiger partial charge < -0.3 is 10.1 Å². The molecule has 2 rings (SSSR count). The zero-order chi connectivity index (χ0) is 15.5. The van der Waals surface area contributed by atoms with E-state index in [-0.39, 0.29) is 17.5 Å². The van der Waals surface area contributed by atoms with Crippen LogP contribution in [0.3, 0.4) is 0 Å². The molecule has 2 aromatic carbocycles. The lowest BCUT2D eigenvalue weighted by Crippen LogP contribution is -2.18. The van der Waals surface area contributed by atoms with Gasteiger partial charge in [0.05, 0.1) is 5.69 Å². The normalized spacial score (nSPS) is 12.8. The Hall–Kier alpha value is -2.24. The quantitative estimate of drug-likeness (QED) is 0.811. The zero-order valence-electron chi connectivity index (χ0n) is 11.1. The minimum atomic E-state index is -4.76. The summed E-state index contributed by atoms with van der Waals surface area (Å²) in [5, 5.41) is 2.88. The van der Waals surface area contributed by atoms with Gasteiger partial charge in [0.2, 0.25) is 0 Å². The van der Waals surface area contributed by atoms with Gasteiger partial charge in [0.15, 0.2) is 5.75 Å². The molecule has 0 radical (unpaired) electrons. The van der Waals surface area contributed by atoms with Crippen LogP contribution in [0.4, 0.5) is 23.2 Å². The first-order valence-corrected chi connectivity index (χ1v) is 6.22. The minimum Gasteiger partial charge on any atom is -0.404 e. The third-order valence-corrected chi connectivity index (χ3v) is 2.83. The third kappa shape index (κ3) is 4.37. The number of anilines is 1. The van der Waals surface area contributed by atoms with Crippen molar-refractivity contribution >= 4 is 5.69 Å². The van der Waals surface area contributed by atoms with Crippen molar-refractivity contribution in [2.45, 2.75) is 19.3 Å². The van der Waals surface area contributed by atoms with Crippen LogP contribution in [-0.2, 0) is 0 Å². The number of alkyl halides is 3. The van der Waals surface area contributed by atoms with E-state index in [1.807, 2.05) is 0 Å². The lowest BCUT2D eigenvalue weighted by molar-refractivity contribution is -0.274. The standard InChI is InChI=1S/C15H13F4NO/c1-10(11-5-4-6-12(16)9-11)20-13-7-2-3-8-14(13)21-15(17,18)19/h2-10,20H,1H3. The number of halogens is 4. The lowest BCUT2D eigenvalue weighted by Gasteiger charge is -2.19. The Bertz CT molecular complexity index is 613. The SMILES string of the molecule is CC(Nc1ccccc1OC(F)(F)F)c1cccc(F)c1. The summed E-state index contributed by atoms with van der Waals surface area (Å²) >= 11 is 0. The van der Waals surface area contributed by atoms with E-state index in [0.717, 1.165) is 0 Å². The molecule has 6 heteroatoms. The molecular formula is C15H13F4NO. The molecule has 21 heavy (non-hydrogen) atoms. The minimum absolute atomic E-state index is 0.187. The summed E-state index contributed by atoms with van der Waals surface area (Å²) in [6.45, 7) is 1.72. The molecule has 0 aliphatic carbocycles. The van der Waals surface area contributed by atoms with Gasteiger partial charge in [-0.15, -0.1) is 13.2 Å². The van der Waals surface area contributed by atoms with Crippen LogP contribution in [0.25, 0.3) is 0 Å². The number of nitrogens with one attached hydrogen (secondary N) is 1. The molecule has 0 amide bonds. The van der Waals surface area contributed by atoms with Crippen molar-refractivity contribution in [3.05, 3.63) is 59.9 Å². The van der Waals surface area contributed by atoms with Crippen LogP contribution in [0.2, 0.25) is 0 Å². The number of hydrogen-bond donors (Lipinski definition) is 1. The Morgan fingerprint density at radius 3 is 2.43 bits per heavy atom. The van der Waals surface area contributed by atoms with Crippen molar-refractivity contribution in [3.63, 3.8) is 0 Å². The molecule has 0 fully saturated rings. The zero-order valence-corrected chi connectivity index (χ0v) is 11.1. The average Bonchev–Trinajstić information content (AvgIpc) is 2.39. The van der Waals surface area contributed by atoms with Crippen LogP contribution in [0.15, 0.2) is 48.5 Å². The van der Waals surface area contributed by atoms with Gasteiger partial charge >= 0.3 is 6.36 Å². The average molecular weight is 299 g/mol. The molecule has 1 N–H and O–H groups in total. The second kappa shape index (κ2) is 6.03. The van der Waals surface area contributed by atoms with Crippen LogP contribution >= 0.6 is 0 Å². The Balaban J connectivity index is 2.19. The lowest BCUT2D eigenvalue weighted by atomic mass is 10.1. The van der Waals surface area contributed by atoms with Crippen molar-refractivity contribution in [1.29, 1.82) is 0 Å². The van der Waals surface area contributed by atoms with Gasteiger partial charge in [0.1, 0.15) is 5.82 Å². The maximum absolute atomic E-state index is 13.2. The molecule has 0 saturated heterocycles. The molecule has 0 spiro atoms. The Kier molecular flexibility index (Phi) is 4.35. The molecule has 0 heterocycles.